The Morgan fingerprint density at radius 2 is 1.88 bits per heavy atom. The number of carbonyl (C=O) groups excluding carboxylic acids is 1. The number of rotatable bonds is 8. The van der Waals surface area contributed by atoms with Crippen molar-refractivity contribution >= 4 is 29.1 Å². The predicted octanol–water partition coefficient (Wildman–Crippen LogP) is 4.21. The van der Waals surface area contributed by atoms with E-state index in [1.807, 2.05) is 55.5 Å². The van der Waals surface area contributed by atoms with Crippen molar-refractivity contribution in [3.63, 3.8) is 0 Å². The first-order valence-corrected chi connectivity index (χ1v) is 11.9. The van der Waals surface area contributed by atoms with Gasteiger partial charge in [0, 0.05) is 35.2 Å². The lowest BCUT2D eigenvalue weighted by atomic mass is 9.66. The van der Waals surface area contributed by atoms with E-state index in [2.05, 4.69) is 24.5 Å². The molecule has 7 heteroatoms. The topological polar surface area (TPSA) is 87.4 Å². The Labute approximate surface area is 200 Å². The number of aliphatic hydroxyl groups is 1. The number of hydrogen-bond donors (Lipinski definition) is 4. The fraction of sp³-hybridized carbons (Fsp3) is 0.480. The van der Waals surface area contributed by atoms with Gasteiger partial charge in [-0.15, -0.1) is 0 Å². The molecular formula is C25H33Cl2N3O2. The zero-order valence-corrected chi connectivity index (χ0v) is 20.4. The van der Waals surface area contributed by atoms with E-state index in [-0.39, 0.29) is 18.6 Å². The van der Waals surface area contributed by atoms with E-state index in [9.17, 15) is 4.79 Å². The molecule has 0 spiro atoms. The molecule has 0 aliphatic carbocycles. The third-order valence-electron chi connectivity index (χ3n) is 6.43. The number of nitrogens with one attached hydrogen (secondary N) is 2. The van der Waals surface area contributed by atoms with Gasteiger partial charge in [0.05, 0.1) is 5.54 Å². The number of carbonyl (C=O) groups is 1. The second-order valence-corrected chi connectivity index (χ2v) is 10.2. The van der Waals surface area contributed by atoms with Crippen LogP contribution in [0.3, 0.4) is 0 Å². The van der Waals surface area contributed by atoms with Crippen molar-refractivity contribution in [2.45, 2.75) is 56.7 Å². The van der Waals surface area contributed by atoms with Crippen LogP contribution in [-0.4, -0.2) is 35.7 Å². The molecule has 1 heterocycles. The number of amides is 1. The molecule has 2 aromatic rings. The molecule has 5 N–H and O–H groups in total. The maximum Gasteiger partial charge on any atom is 0.240 e. The van der Waals surface area contributed by atoms with Crippen molar-refractivity contribution in [1.29, 1.82) is 0 Å². The summed E-state index contributed by atoms with van der Waals surface area (Å²) >= 11 is 12.5. The largest absolute Gasteiger partial charge is 0.396 e. The van der Waals surface area contributed by atoms with Crippen molar-refractivity contribution in [3.05, 3.63) is 69.7 Å². The summed E-state index contributed by atoms with van der Waals surface area (Å²) in [4.78, 5) is 13.6. The van der Waals surface area contributed by atoms with Crippen LogP contribution in [0.2, 0.25) is 10.0 Å². The molecule has 2 aromatic carbocycles. The van der Waals surface area contributed by atoms with E-state index in [0.717, 1.165) is 17.5 Å². The zero-order chi connectivity index (χ0) is 23.5. The van der Waals surface area contributed by atoms with Crippen LogP contribution in [0.5, 0.6) is 0 Å². The summed E-state index contributed by atoms with van der Waals surface area (Å²) in [6.45, 7) is 6.61. The predicted molar refractivity (Wildman–Crippen MR) is 131 cm³/mol. The van der Waals surface area contributed by atoms with Crippen LogP contribution in [0.1, 0.15) is 50.7 Å². The van der Waals surface area contributed by atoms with Crippen LogP contribution < -0.4 is 16.4 Å². The molecule has 3 rings (SSSR count). The SMILES string of the molecule is CC(C)CC1NC(C)(C(=O)NCCCO)C(c2cccc(Cl)c2)C1(N)c1ccc(Cl)cc1. The Morgan fingerprint density at radius 3 is 2.47 bits per heavy atom. The number of benzene rings is 2. The standard InChI is InChI=1S/C25H33Cl2N3O2/c1-16(2)14-21-25(28,18-8-10-19(26)11-9-18)22(17-6-4-7-20(27)15-17)24(3,30-21)23(32)29-12-5-13-31/h4,6-11,15-16,21-22,30-31H,5,12-14,28H2,1-3H3,(H,29,32). The first-order valence-electron chi connectivity index (χ1n) is 11.1. The van der Waals surface area contributed by atoms with Gasteiger partial charge in [-0.25, -0.2) is 0 Å². The van der Waals surface area contributed by atoms with Crippen LogP contribution >= 0.6 is 23.2 Å². The van der Waals surface area contributed by atoms with Crippen molar-refractivity contribution in [1.82, 2.24) is 10.6 Å². The maximum atomic E-state index is 13.6. The molecule has 1 saturated heterocycles. The highest BCUT2D eigenvalue weighted by atomic mass is 35.5. The lowest BCUT2D eigenvalue weighted by Gasteiger charge is -2.40. The Balaban J connectivity index is 2.19. The molecule has 0 aromatic heterocycles. The minimum Gasteiger partial charge on any atom is -0.396 e. The minimum atomic E-state index is -0.992. The molecule has 0 bridgehead atoms. The lowest BCUT2D eigenvalue weighted by Crippen LogP contribution is -2.56. The maximum absolute atomic E-state index is 13.6. The van der Waals surface area contributed by atoms with Crippen LogP contribution in [0.4, 0.5) is 0 Å². The average molecular weight is 478 g/mol. The van der Waals surface area contributed by atoms with Crippen molar-refractivity contribution < 1.29 is 9.90 Å². The number of halogens is 2. The third kappa shape index (κ3) is 4.82. The highest BCUT2D eigenvalue weighted by Gasteiger charge is 2.62. The van der Waals surface area contributed by atoms with Gasteiger partial charge in [-0.1, -0.05) is 61.3 Å². The van der Waals surface area contributed by atoms with Gasteiger partial charge in [0.15, 0.2) is 0 Å². The van der Waals surface area contributed by atoms with Gasteiger partial charge < -0.3 is 16.2 Å². The highest BCUT2D eigenvalue weighted by molar-refractivity contribution is 6.30. The fourth-order valence-electron chi connectivity index (χ4n) is 5.03. The summed E-state index contributed by atoms with van der Waals surface area (Å²) in [6.07, 6.45) is 1.28. The van der Waals surface area contributed by atoms with Gasteiger partial charge >= 0.3 is 0 Å². The Kier molecular flexibility index (Phi) is 7.89. The van der Waals surface area contributed by atoms with E-state index >= 15 is 0 Å². The van der Waals surface area contributed by atoms with Gasteiger partial charge in [-0.2, -0.15) is 0 Å². The second-order valence-electron chi connectivity index (χ2n) is 9.29. The van der Waals surface area contributed by atoms with E-state index in [1.165, 1.54) is 0 Å². The first kappa shape index (κ1) is 25.0. The van der Waals surface area contributed by atoms with Gasteiger partial charge in [-0.05, 0) is 61.1 Å². The van der Waals surface area contributed by atoms with E-state index in [0.29, 0.717) is 28.9 Å². The van der Waals surface area contributed by atoms with Crippen molar-refractivity contribution in [2.24, 2.45) is 11.7 Å². The summed E-state index contributed by atoms with van der Waals surface area (Å²) < 4.78 is 0. The van der Waals surface area contributed by atoms with Gasteiger partial charge in [-0.3, -0.25) is 10.1 Å². The van der Waals surface area contributed by atoms with Crippen LogP contribution in [0, 0.1) is 5.92 Å². The molecular weight excluding hydrogens is 445 g/mol. The Hall–Kier alpha value is -1.63. The normalized spacial score (nSPS) is 27.6. The molecule has 0 radical (unpaired) electrons. The smallest absolute Gasteiger partial charge is 0.240 e. The molecule has 1 amide bonds. The molecule has 32 heavy (non-hydrogen) atoms. The van der Waals surface area contributed by atoms with E-state index < -0.39 is 17.0 Å². The molecule has 4 atom stereocenters. The van der Waals surface area contributed by atoms with Gasteiger partial charge in [0.25, 0.3) is 0 Å². The zero-order valence-electron chi connectivity index (χ0n) is 18.9. The summed E-state index contributed by atoms with van der Waals surface area (Å²) in [5.74, 6) is -0.179. The number of aliphatic hydroxyl groups excluding tert-OH is 1. The summed E-state index contributed by atoms with van der Waals surface area (Å²) in [6, 6.07) is 15.0. The molecule has 5 nitrogen and oxygen atoms in total. The van der Waals surface area contributed by atoms with Gasteiger partial charge in [0.1, 0.15) is 5.54 Å². The number of nitrogens with two attached hydrogens (primary N) is 1. The quantitative estimate of drug-likeness (QED) is 0.428. The van der Waals surface area contributed by atoms with Crippen molar-refractivity contribution in [3.8, 4) is 0 Å². The van der Waals surface area contributed by atoms with Crippen LogP contribution in [0.15, 0.2) is 48.5 Å². The molecule has 0 saturated carbocycles. The molecule has 174 valence electrons. The molecule has 1 aliphatic rings. The van der Waals surface area contributed by atoms with E-state index in [4.69, 9.17) is 34.0 Å². The third-order valence-corrected chi connectivity index (χ3v) is 6.92. The minimum absolute atomic E-state index is 0.0176. The van der Waals surface area contributed by atoms with Gasteiger partial charge in [0.2, 0.25) is 5.91 Å². The van der Waals surface area contributed by atoms with Crippen LogP contribution in [-0.2, 0) is 10.3 Å². The van der Waals surface area contributed by atoms with E-state index in [1.54, 1.807) is 0 Å². The summed E-state index contributed by atoms with van der Waals surface area (Å²) in [7, 11) is 0. The summed E-state index contributed by atoms with van der Waals surface area (Å²) in [5.41, 5.74) is 7.28. The Bertz CT molecular complexity index is 937. The Morgan fingerprint density at radius 1 is 1.19 bits per heavy atom. The fourth-order valence-corrected chi connectivity index (χ4v) is 5.36. The molecule has 1 fully saturated rings. The van der Waals surface area contributed by atoms with Crippen molar-refractivity contribution in [2.75, 3.05) is 13.2 Å². The monoisotopic (exact) mass is 477 g/mol. The van der Waals surface area contributed by atoms with Crippen LogP contribution in [0.25, 0.3) is 0 Å². The second kappa shape index (κ2) is 10.1. The summed E-state index contributed by atoms with van der Waals surface area (Å²) in [5, 5.41) is 17.0. The molecule has 4 unspecified atom stereocenters. The molecule has 1 aliphatic heterocycles. The lowest BCUT2D eigenvalue weighted by molar-refractivity contribution is -0.127. The first-order chi connectivity index (χ1) is 15.1. The highest BCUT2D eigenvalue weighted by Crippen LogP contribution is 2.51. The number of hydrogen-bond acceptors (Lipinski definition) is 4. The average Bonchev–Trinajstić information content (AvgIpc) is 2.96.